The van der Waals surface area contributed by atoms with E-state index in [0.717, 1.165) is 65.7 Å². The molecule has 50 heavy (non-hydrogen) atoms. The maximum absolute atomic E-state index is 13.6. The maximum atomic E-state index is 13.6. The summed E-state index contributed by atoms with van der Waals surface area (Å²) in [5.41, 5.74) is 4.20. The Bertz CT molecular complexity index is 1960. The van der Waals surface area contributed by atoms with Crippen molar-refractivity contribution in [3.05, 3.63) is 89.7 Å². The fraction of sp³-hybridized carbons (Fsp3) is 0.421. The summed E-state index contributed by atoms with van der Waals surface area (Å²) >= 11 is 0. The van der Waals surface area contributed by atoms with Crippen molar-refractivity contribution in [1.29, 1.82) is 0 Å². The Balaban J connectivity index is 1.08. The van der Waals surface area contributed by atoms with Crippen molar-refractivity contribution in [2.75, 3.05) is 30.0 Å². The van der Waals surface area contributed by atoms with E-state index in [0.29, 0.717) is 24.0 Å². The second-order valence-corrected chi connectivity index (χ2v) is 14.2. The van der Waals surface area contributed by atoms with E-state index in [9.17, 15) is 9.90 Å². The van der Waals surface area contributed by atoms with E-state index in [4.69, 9.17) is 14.6 Å². The predicted molar refractivity (Wildman–Crippen MR) is 192 cm³/mol. The first-order chi connectivity index (χ1) is 24.2. The van der Waals surface area contributed by atoms with Gasteiger partial charge in [0, 0.05) is 30.1 Å². The van der Waals surface area contributed by atoms with Gasteiger partial charge in [0.15, 0.2) is 5.65 Å². The van der Waals surface area contributed by atoms with Crippen LogP contribution in [0.5, 0.6) is 11.5 Å². The van der Waals surface area contributed by atoms with Crippen LogP contribution in [0.2, 0.25) is 0 Å². The lowest BCUT2D eigenvalue weighted by Crippen LogP contribution is -2.38. The Labute approximate surface area is 292 Å². The van der Waals surface area contributed by atoms with Crippen molar-refractivity contribution >= 4 is 23.4 Å². The van der Waals surface area contributed by atoms with Gasteiger partial charge in [0.2, 0.25) is 5.95 Å². The quantitative estimate of drug-likeness (QED) is 0.156. The zero-order valence-electron chi connectivity index (χ0n) is 29.2. The minimum atomic E-state index is -0.323. The summed E-state index contributed by atoms with van der Waals surface area (Å²) in [5.74, 6) is 2.75. The first-order valence-electron chi connectivity index (χ1n) is 17.6. The summed E-state index contributed by atoms with van der Waals surface area (Å²) in [4.78, 5) is 16.0. The molecule has 2 aromatic carbocycles. The molecule has 12 nitrogen and oxygen atoms in total. The van der Waals surface area contributed by atoms with Gasteiger partial charge in [-0.2, -0.15) is 5.10 Å². The normalized spacial score (nSPS) is 19.2. The summed E-state index contributed by atoms with van der Waals surface area (Å²) in [7, 11) is 0. The highest BCUT2D eigenvalue weighted by Crippen LogP contribution is 2.39. The van der Waals surface area contributed by atoms with E-state index in [1.54, 1.807) is 4.68 Å². The summed E-state index contributed by atoms with van der Waals surface area (Å²) in [6, 6.07) is 21.3. The summed E-state index contributed by atoms with van der Waals surface area (Å²) in [6.07, 6.45) is 6.79. The van der Waals surface area contributed by atoms with E-state index >= 15 is 0 Å². The number of nitrogens with one attached hydrogen (secondary N) is 2. The minimum absolute atomic E-state index is 0.0810. The highest BCUT2D eigenvalue weighted by molar-refractivity contribution is 5.89. The van der Waals surface area contributed by atoms with Crippen molar-refractivity contribution in [2.45, 2.75) is 83.4 Å². The van der Waals surface area contributed by atoms with Crippen LogP contribution in [0.1, 0.15) is 88.8 Å². The van der Waals surface area contributed by atoms with Crippen LogP contribution in [0.15, 0.2) is 72.9 Å². The van der Waals surface area contributed by atoms with Gasteiger partial charge in [0.1, 0.15) is 30.0 Å². The molecule has 262 valence electrons. The van der Waals surface area contributed by atoms with Crippen molar-refractivity contribution in [3.8, 4) is 17.2 Å². The predicted octanol–water partition coefficient (Wildman–Crippen LogP) is 6.74. The Hall–Kier alpha value is -5.10. The van der Waals surface area contributed by atoms with Gasteiger partial charge in [-0.15, -0.1) is 10.2 Å². The summed E-state index contributed by atoms with van der Waals surface area (Å²) in [5, 5.41) is 29.3. The molecule has 12 heteroatoms. The van der Waals surface area contributed by atoms with Crippen LogP contribution in [-0.4, -0.2) is 61.3 Å². The lowest BCUT2D eigenvalue weighted by molar-refractivity contribution is 0.171. The highest BCUT2D eigenvalue weighted by atomic mass is 16.5. The molecule has 3 atom stereocenters. The van der Waals surface area contributed by atoms with Crippen molar-refractivity contribution in [2.24, 2.45) is 0 Å². The Kier molecular flexibility index (Phi) is 9.37. The first-order valence-corrected chi connectivity index (χ1v) is 17.6. The standard InChI is InChI=1S/C38H46N8O4/c1-25-10-7-8-19-44(25)37-42-41-34-18-15-28(24-45(34)37)50-32-17-16-31(29-13-5-6-14-30(29)32)39-36(48)40-35-23-33(38(2,3)4)43-46(35)26-11-9-12-27(22-26)49-21-20-47/h5-6,9,11-15,18,22-25,31-32,47H,7-8,10,16-17,19-21H2,1-4H3,(H2,39,40,48)/t25?,31-,32-/m0/s1. The molecule has 2 aliphatic rings. The van der Waals surface area contributed by atoms with Gasteiger partial charge in [-0.25, -0.2) is 9.48 Å². The number of ether oxygens (including phenoxy) is 2. The molecule has 0 spiro atoms. The number of pyridine rings is 1. The van der Waals surface area contributed by atoms with Gasteiger partial charge in [0.05, 0.1) is 30.2 Å². The number of aliphatic hydroxyl groups is 1. The maximum Gasteiger partial charge on any atom is 0.320 e. The number of piperidine rings is 1. The van der Waals surface area contributed by atoms with Crippen molar-refractivity contribution in [3.63, 3.8) is 0 Å². The number of nitrogens with zero attached hydrogens (tertiary/aromatic N) is 6. The smallest absolute Gasteiger partial charge is 0.320 e. The third-order valence-electron chi connectivity index (χ3n) is 9.58. The zero-order chi connectivity index (χ0) is 34.8. The number of carbonyl (C=O) groups is 1. The molecule has 1 aliphatic carbocycles. The van der Waals surface area contributed by atoms with Crippen LogP contribution in [0, 0.1) is 0 Å². The lowest BCUT2D eigenvalue weighted by Gasteiger charge is -2.33. The number of aliphatic hydroxyl groups excluding tert-OH is 1. The Morgan fingerprint density at radius 3 is 2.60 bits per heavy atom. The molecule has 1 saturated heterocycles. The van der Waals surface area contributed by atoms with Crippen LogP contribution in [0.25, 0.3) is 11.3 Å². The molecule has 4 heterocycles. The van der Waals surface area contributed by atoms with Gasteiger partial charge < -0.3 is 24.8 Å². The molecule has 0 radical (unpaired) electrons. The molecule has 5 aromatic rings. The van der Waals surface area contributed by atoms with Crippen molar-refractivity contribution < 1.29 is 19.4 Å². The van der Waals surface area contributed by atoms with Crippen LogP contribution in [0.4, 0.5) is 16.6 Å². The van der Waals surface area contributed by atoms with Crippen molar-refractivity contribution in [1.82, 2.24) is 29.7 Å². The number of urea groups is 1. The molecule has 1 fully saturated rings. The average molecular weight is 679 g/mol. The fourth-order valence-electron chi connectivity index (χ4n) is 6.92. The largest absolute Gasteiger partial charge is 0.491 e. The monoisotopic (exact) mass is 678 g/mol. The molecule has 3 aromatic heterocycles. The molecule has 7 rings (SSSR count). The minimum Gasteiger partial charge on any atom is -0.491 e. The van der Waals surface area contributed by atoms with E-state index in [1.807, 2.05) is 65.2 Å². The van der Waals surface area contributed by atoms with Crippen LogP contribution in [0.3, 0.4) is 0 Å². The summed E-state index contributed by atoms with van der Waals surface area (Å²) in [6.45, 7) is 9.58. The number of fused-ring (bicyclic) bond motifs is 2. The number of rotatable bonds is 9. The van der Waals surface area contributed by atoms with E-state index < -0.39 is 0 Å². The number of anilines is 2. The zero-order valence-corrected chi connectivity index (χ0v) is 29.2. The van der Waals surface area contributed by atoms with Gasteiger partial charge in [-0.3, -0.25) is 9.72 Å². The number of hydrogen-bond acceptors (Lipinski definition) is 8. The Morgan fingerprint density at radius 1 is 0.960 bits per heavy atom. The van der Waals surface area contributed by atoms with E-state index in [2.05, 4.69) is 65.6 Å². The lowest BCUT2D eigenvalue weighted by atomic mass is 9.85. The molecular weight excluding hydrogens is 632 g/mol. The van der Waals surface area contributed by atoms with E-state index in [1.165, 1.54) is 6.42 Å². The van der Waals surface area contributed by atoms with Gasteiger partial charge >= 0.3 is 6.03 Å². The molecule has 1 aliphatic heterocycles. The number of benzene rings is 2. The summed E-state index contributed by atoms with van der Waals surface area (Å²) < 4.78 is 16.0. The number of hydrogen-bond donors (Lipinski definition) is 3. The number of amides is 2. The highest BCUT2D eigenvalue weighted by Gasteiger charge is 2.31. The molecular formula is C38H46N8O4. The SMILES string of the molecule is CC1CCCCN1c1nnc2ccc(O[C@H]3CC[C@H](NC(=O)Nc4cc(C(C)(C)C)nn4-c4cccc(OCCO)c4)c4ccccc43)cn12. The second kappa shape index (κ2) is 14.0. The average Bonchev–Trinajstić information content (AvgIpc) is 3.73. The first kappa shape index (κ1) is 33.4. The molecule has 1 unspecified atom stereocenters. The topological polar surface area (TPSA) is 131 Å². The second-order valence-electron chi connectivity index (χ2n) is 14.2. The third-order valence-corrected chi connectivity index (χ3v) is 9.58. The van der Waals surface area contributed by atoms with Gasteiger partial charge in [0.25, 0.3) is 0 Å². The molecule has 3 N–H and O–H groups in total. The molecule has 2 amide bonds. The van der Waals surface area contributed by atoms with Crippen LogP contribution < -0.4 is 25.0 Å². The third kappa shape index (κ3) is 6.98. The Morgan fingerprint density at radius 2 is 1.80 bits per heavy atom. The van der Waals surface area contributed by atoms with Gasteiger partial charge in [-0.05, 0) is 74.4 Å². The number of carbonyl (C=O) groups excluding carboxylic acids is 1. The molecule has 0 bridgehead atoms. The van der Waals surface area contributed by atoms with Gasteiger partial charge in [-0.1, -0.05) is 51.1 Å². The fourth-order valence-corrected chi connectivity index (χ4v) is 6.92. The van der Waals surface area contributed by atoms with Crippen LogP contribution >= 0.6 is 0 Å². The molecule has 0 saturated carbocycles. The number of aromatic nitrogens is 5. The van der Waals surface area contributed by atoms with Crippen LogP contribution in [-0.2, 0) is 5.41 Å². The van der Waals surface area contributed by atoms with E-state index in [-0.39, 0.29) is 36.8 Å².